The van der Waals surface area contributed by atoms with E-state index in [0.29, 0.717) is 0 Å². The third-order valence-electron chi connectivity index (χ3n) is 6.17. The van der Waals surface area contributed by atoms with E-state index in [2.05, 4.69) is 27.7 Å². The Hall–Kier alpha value is -2.41. The number of non-ortho nitro benzene ring substituents is 1. The third kappa shape index (κ3) is 13.6. The van der Waals surface area contributed by atoms with Crippen LogP contribution in [0.4, 0.5) is 5.69 Å². The Bertz CT molecular complexity index is 887. The van der Waals surface area contributed by atoms with Gasteiger partial charge < -0.3 is 18.4 Å². The molecule has 8 nitrogen and oxygen atoms in total. The molecule has 37 heavy (non-hydrogen) atoms. The number of hydrogen-bond acceptors (Lipinski definition) is 6. The Morgan fingerprint density at radius 2 is 1.08 bits per heavy atom. The van der Waals surface area contributed by atoms with E-state index in [1.807, 2.05) is 0 Å². The van der Waals surface area contributed by atoms with Crippen molar-refractivity contribution in [3.63, 3.8) is 0 Å². The Labute approximate surface area is 223 Å². The minimum absolute atomic E-state index is 0.0649. The van der Waals surface area contributed by atoms with Gasteiger partial charge in [0.25, 0.3) is 5.69 Å². The first kappa shape index (κ1) is 32.6. The van der Waals surface area contributed by atoms with Gasteiger partial charge in [-0.05, 0) is 49.9 Å². The van der Waals surface area contributed by atoms with Crippen molar-refractivity contribution in [1.82, 2.24) is 0 Å². The lowest BCUT2D eigenvalue weighted by atomic mass is 10.1. The first-order chi connectivity index (χ1) is 17.7. The van der Waals surface area contributed by atoms with E-state index >= 15 is 0 Å². The Morgan fingerprint density at radius 1 is 0.703 bits per heavy atom. The number of para-hydroxylation sites is 1. The Morgan fingerprint density at radius 3 is 1.43 bits per heavy atom. The summed E-state index contributed by atoms with van der Waals surface area (Å²) in [6.45, 7) is 15.0. The summed E-state index contributed by atoms with van der Waals surface area (Å²) in [4.78, 5) is 21.5. The summed E-state index contributed by atoms with van der Waals surface area (Å²) >= 11 is 0. The van der Waals surface area contributed by atoms with Crippen LogP contribution in [0.5, 0.6) is 11.5 Å². The van der Waals surface area contributed by atoms with Gasteiger partial charge in [-0.25, -0.2) is 4.57 Å². The fraction of sp³-hybridized carbons (Fsp3) is 0.571. The minimum Gasteiger partial charge on any atom is -0.736 e. The van der Waals surface area contributed by atoms with Crippen LogP contribution in [-0.2, 0) is 4.57 Å². The highest BCUT2D eigenvalue weighted by molar-refractivity contribution is 7.46. The molecule has 0 fully saturated rings. The lowest BCUT2D eigenvalue weighted by Gasteiger charge is -2.39. The summed E-state index contributed by atoms with van der Waals surface area (Å²) in [6, 6.07) is 12.5. The number of unbranched alkanes of at least 4 members (excludes halogenated alkanes) is 4. The van der Waals surface area contributed by atoms with Gasteiger partial charge in [0.2, 0.25) is 0 Å². The minimum atomic E-state index is -4.60. The van der Waals surface area contributed by atoms with Gasteiger partial charge >= 0.3 is 7.82 Å². The van der Waals surface area contributed by atoms with Crippen molar-refractivity contribution in [2.75, 3.05) is 26.2 Å². The number of nitro groups is 1. The molecule has 9 heteroatoms. The molecule has 1 atom stereocenters. The number of hydrogen-bond donors (Lipinski definition) is 0. The molecule has 2 aromatic carbocycles. The number of rotatable bonds is 17. The van der Waals surface area contributed by atoms with E-state index in [9.17, 15) is 19.6 Å². The maximum absolute atomic E-state index is 11.6. The highest BCUT2D eigenvalue weighted by atomic mass is 31.2. The quantitative estimate of drug-likeness (QED) is 0.0896. The summed E-state index contributed by atoms with van der Waals surface area (Å²) in [7, 11) is -4.60. The Balaban J connectivity index is 0.000000377. The van der Waals surface area contributed by atoms with Crippen molar-refractivity contribution in [1.29, 1.82) is 0 Å². The third-order valence-corrected chi connectivity index (χ3v) is 7.04. The number of benzene rings is 2. The summed E-state index contributed by atoms with van der Waals surface area (Å²) in [6.07, 6.45) is 11.1. The molecule has 0 spiro atoms. The molecule has 0 saturated heterocycles. The molecule has 0 aliphatic rings. The number of phosphoric acid groups is 1. The topological polar surface area (TPSA) is 102 Å². The van der Waals surface area contributed by atoms with E-state index in [1.165, 1.54) is 106 Å². The molecule has 0 aromatic heterocycles. The maximum Gasteiger partial charge on any atom is 0.372 e. The summed E-state index contributed by atoms with van der Waals surface area (Å²) in [5.41, 5.74) is -0.165. The number of nitro benzene ring substituents is 1. The van der Waals surface area contributed by atoms with E-state index in [-0.39, 0.29) is 17.2 Å². The fourth-order valence-corrected chi connectivity index (χ4v) is 4.83. The molecule has 0 amide bonds. The largest absolute Gasteiger partial charge is 0.736 e. The molecule has 0 saturated carbocycles. The highest BCUT2D eigenvalue weighted by Crippen LogP contribution is 2.40. The van der Waals surface area contributed by atoms with Gasteiger partial charge in [-0.15, -0.1) is 0 Å². The van der Waals surface area contributed by atoms with Crippen LogP contribution in [0.25, 0.3) is 0 Å². The van der Waals surface area contributed by atoms with Crippen LogP contribution in [0.1, 0.15) is 79.1 Å². The second-order valence-electron chi connectivity index (χ2n) is 9.34. The predicted molar refractivity (Wildman–Crippen MR) is 148 cm³/mol. The van der Waals surface area contributed by atoms with Crippen LogP contribution in [0.2, 0.25) is 0 Å². The number of quaternary nitrogens is 1. The predicted octanol–water partition coefficient (Wildman–Crippen LogP) is 7.52. The van der Waals surface area contributed by atoms with Gasteiger partial charge in [0.05, 0.1) is 31.1 Å². The summed E-state index contributed by atoms with van der Waals surface area (Å²) < 4.78 is 22.5. The average Bonchev–Trinajstić information content (AvgIpc) is 2.88. The number of nitrogens with zero attached hydrogens (tertiary/aromatic N) is 2. The van der Waals surface area contributed by atoms with Crippen molar-refractivity contribution in [2.24, 2.45) is 0 Å². The van der Waals surface area contributed by atoms with Crippen LogP contribution in [0, 0.1) is 10.1 Å². The Kier molecular flexibility index (Phi) is 15.8. The van der Waals surface area contributed by atoms with Crippen LogP contribution < -0.4 is 13.9 Å². The zero-order chi connectivity index (χ0) is 27.6. The van der Waals surface area contributed by atoms with E-state index in [4.69, 9.17) is 9.05 Å². The van der Waals surface area contributed by atoms with Crippen molar-refractivity contribution in [2.45, 2.75) is 79.1 Å². The van der Waals surface area contributed by atoms with Crippen LogP contribution in [0.3, 0.4) is 0 Å². The van der Waals surface area contributed by atoms with E-state index in [1.54, 1.807) is 18.2 Å². The monoisotopic (exact) mass is 536 g/mol. The summed E-state index contributed by atoms with van der Waals surface area (Å²) in [5, 5.41) is 10.5. The normalized spacial score (nSPS) is 12.7. The van der Waals surface area contributed by atoms with Gasteiger partial charge in [-0.1, -0.05) is 71.6 Å². The van der Waals surface area contributed by atoms with E-state index < -0.39 is 12.7 Å². The summed E-state index contributed by atoms with van der Waals surface area (Å²) in [5.74, 6) is 0.0533. The van der Waals surface area contributed by atoms with Gasteiger partial charge in [-0.3, -0.25) is 10.1 Å². The molecule has 0 heterocycles. The van der Waals surface area contributed by atoms with Crippen LogP contribution in [0.15, 0.2) is 54.6 Å². The molecule has 2 rings (SSSR count). The van der Waals surface area contributed by atoms with Gasteiger partial charge in [0.15, 0.2) is 0 Å². The molecule has 1 unspecified atom stereocenters. The van der Waals surface area contributed by atoms with Gasteiger partial charge in [-0.2, -0.15) is 0 Å². The van der Waals surface area contributed by atoms with Crippen LogP contribution in [-0.4, -0.2) is 35.6 Å². The molecular weight excluding hydrogens is 491 g/mol. The fourth-order valence-electron chi connectivity index (χ4n) is 4.03. The second-order valence-corrected chi connectivity index (χ2v) is 10.6. The van der Waals surface area contributed by atoms with Crippen molar-refractivity contribution in [3.8, 4) is 11.5 Å². The maximum atomic E-state index is 11.6. The van der Waals surface area contributed by atoms with E-state index in [0.717, 1.165) is 12.1 Å². The van der Waals surface area contributed by atoms with Crippen molar-refractivity contribution in [3.05, 3.63) is 64.7 Å². The average molecular weight is 537 g/mol. The highest BCUT2D eigenvalue weighted by Gasteiger charge is 2.24. The zero-order valence-electron chi connectivity index (χ0n) is 23.0. The van der Waals surface area contributed by atoms with Crippen molar-refractivity contribution < 1.29 is 27.9 Å². The lowest BCUT2D eigenvalue weighted by molar-refractivity contribution is -0.929. The molecule has 0 aliphatic heterocycles. The smallest absolute Gasteiger partial charge is 0.372 e. The SMILES string of the molecule is CCCC[N+](CCCC)(CCCC)CCCC.O=[N+]([O-])c1ccc(OP(=O)([O-])Oc2ccccc2)cc1. The molecule has 0 bridgehead atoms. The second kappa shape index (κ2) is 17.9. The standard InChI is InChI=1S/C16H36N.C12H10NO6P/c1-5-9-13-17(14-10-6-2,15-11-7-3)16-12-8-4;14-13(15)10-6-8-12(9-7-10)19-20(16,17)18-11-4-2-1-3-5-11/h5-16H2,1-4H3;1-9H,(H,16,17)/q+1;/p-1. The first-order valence-corrected chi connectivity index (χ1v) is 15.0. The molecular formula is C28H45N2O6P. The molecule has 208 valence electrons. The molecule has 0 N–H and O–H groups in total. The first-order valence-electron chi connectivity index (χ1n) is 13.6. The van der Waals surface area contributed by atoms with Crippen LogP contribution >= 0.6 is 7.82 Å². The lowest BCUT2D eigenvalue weighted by Crippen LogP contribution is -2.50. The molecule has 2 aromatic rings. The zero-order valence-corrected chi connectivity index (χ0v) is 23.9. The van der Waals surface area contributed by atoms with Gasteiger partial charge in [0, 0.05) is 12.1 Å². The molecule has 0 aliphatic carbocycles. The van der Waals surface area contributed by atoms with Crippen molar-refractivity contribution >= 4 is 13.5 Å². The number of phosphoric ester groups is 1. The molecule has 0 radical (unpaired) electrons. The van der Waals surface area contributed by atoms with Gasteiger partial charge in [0.1, 0.15) is 11.5 Å².